The number of nitrogens with zero attached hydrogens (tertiary/aromatic N) is 6. The Morgan fingerprint density at radius 3 is 2.87 bits per heavy atom. The van der Waals surface area contributed by atoms with Crippen molar-refractivity contribution in [3.05, 3.63) is 48.4 Å². The van der Waals surface area contributed by atoms with Crippen LogP contribution in [0, 0.1) is 5.41 Å². The number of halogens is 3. The number of aromatic nitrogens is 5. The van der Waals surface area contributed by atoms with E-state index in [0.29, 0.717) is 23.8 Å². The Labute approximate surface area is 169 Å². The minimum Gasteiger partial charge on any atom is -0.396 e. The molecule has 4 N–H and O–H groups in total. The van der Waals surface area contributed by atoms with E-state index in [1.807, 2.05) is 4.90 Å². The van der Waals surface area contributed by atoms with Gasteiger partial charge >= 0.3 is 6.18 Å². The summed E-state index contributed by atoms with van der Waals surface area (Å²) in [5.41, 5.74) is 5.52. The third kappa shape index (κ3) is 3.88. The number of fused-ring (bicyclic) bond motifs is 1. The molecule has 12 heteroatoms. The topological polar surface area (TPSA) is 121 Å². The van der Waals surface area contributed by atoms with Gasteiger partial charge in [-0.25, -0.2) is 19.9 Å². The number of hydrogen-bond donors (Lipinski definition) is 3. The quantitative estimate of drug-likeness (QED) is 0.542. The Hall–Kier alpha value is -3.70. The van der Waals surface area contributed by atoms with E-state index in [4.69, 9.17) is 11.1 Å². The van der Waals surface area contributed by atoms with E-state index in [9.17, 15) is 13.2 Å². The van der Waals surface area contributed by atoms with Gasteiger partial charge in [-0.15, -0.1) is 0 Å². The summed E-state index contributed by atoms with van der Waals surface area (Å²) in [4.78, 5) is 18.3. The Morgan fingerprint density at radius 1 is 1.27 bits per heavy atom. The summed E-state index contributed by atoms with van der Waals surface area (Å²) in [6, 6.07) is 1.89. The summed E-state index contributed by atoms with van der Waals surface area (Å²) in [5, 5.41) is 10.3. The Balaban J connectivity index is 1.59. The molecule has 0 saturated carbocycles. The molecule has 0 spiro atoms. The lowest BCUT2D eigenvalue weighted by atomic mass is 10.3. The molecule has 156 valence electrons. The molecule has 0 radical (unpaired) electrons. The summed E-state index contributed by atoms with van der Waals surface area (Å²) in [6.45, 7) is 1.40. The second kappa shape index (κ2) is 7.61. The molecule has 1 aliphatic heterocycles. The number of anilines is 1. The molecule has 0 amide bonds. The van der Waals surface area contributed by atoms with Gasteiger partial charge in [-0.3, -0.25) is 4.40 Å². The molecule has 4 heterocycles. The van der Waals surface area contributed by atoms with Crippen LogP contribution in [0.25, 0.3) is 17.2 Å². The first kappa shape index (κ1) is 19.6. The smallest absolute Gasteiger partial charge is 0.396 e. The van der Waals surface area contributed by atoms with Crippen LogP contribution >= 0.6 is 0 Å². The summed E-state index contributed by atoms with van der Waals surface area (Å²) in [5.74, 6) is 0.928. The highest BCUT2D eigenvalue weighted by Gasteiger charge is 2.33. The van der Waals surface area contributed by atoms with E-state index in [1.54, 1.807) is 18.5 Å². The van der Waals surface area contributed by atoms with Crippen molar-refractivity contribution in [3.8, 4) is 11.5 Å². The van der Waals surface area contributed by atoms with Crippen molar-refractivity contribution in [2.75, 3.05) is 18.0 Å². The van der Waals surface area contributed by atoms with Crippen molar-refractivity contribution in [1.29, 1.82) is 5.41 Å². The second-order valence-electron chi connectivity index (χ2n) is 6.77. The van der Waals surface area contributed by atoms with Crippen LogP contribution < -0.4 is 16.0 Å². The summed E-state index contributed by atoms with van der Waals surface area (Å²) in [6.07, 6.45) is 3.89. The average Bonchev–Trinajstić information content (AvgIpc) is 3.38. The van der Waals surface area contributed by atoms with Crippen molar-refractivity contribution in [2.24, 2.45) is 5.73 Å². The fourth-order valence-corrected chi connectivity index (χ4v) is 3.21. The minimum atomic E-state index is -4.56. The van der Waals surface area contributed by atoms with E-state index < -0.39 is 11.9 Å². The van der Waals surface area contributed by atoms with E-state index in [0.717, 1.165) is 31.6 Å². The summed E-state index contributed by atoms with van der Waals surface area (Å²) >= 11 is 0. The third-order valence-corrected chi connectivity index (χ3v) is 4.72. The number of alkyl halides is 3. The fraction of sp³-hybridized carbons (Fsp3) is 0.278. The molecule has 1 fully saturated rings. The minimum absolute atomic E-state index is 0.137. The van der Waals surface area contributed by atoms with Crippen LogP contribution in [0.1, 0.15) is 12.1 Å². The number of nitrogens with two attached hydrogens (primary N) is 1. The van der Waals surface area contributed by atoms with Gasteiger partial charge in [0.15, 0.2) is 17.2 Å². The lowest BCUT2D eigenvalue weighted by Crippen LogP contribution is -2.30. The van der Waals surface area contributed by atoms with Gasteiger partial charge in [0.2, 0.25) is 0 Å². The monoisotopic (exact) mass is 417 g/mol. The molecular formula is C18H18F3N9. The van der Waals surface area contributed by atoms with Crippen LogP contribution in [-0.2, 0) is 6.18 Å². The standard InChI is InChI=1S/C18H18F3N9/c19-18(20,21)14-10-30-13(7-27-16(30)8-26-14)17-24-3-1-15(28-17)29-4-2-12(9-29)25-6-11(23)5-22/h1,3,5-8,10,12,22,25H,2,4,9,23H2/b11-6+,22-5?. The number of hydrogen-bond acceptors (Lipinski definition) is 8. The lowest BCUT2D eigenvalue weighted by Gasteiger charge is -2.18. The molecule has 0 aromatic carbocycles. The molecule has 0 aliphatic carbocycles. The molecule has 4 rings (SSSR count). The SMILES string of the molecule is N=C/C(N)=C\NC1CCN(c2ccnc(-c3cnc4cnc(C(F)(F)F)cn34)n2)C1. The number of rotatable bonds is 5. The van der Waals surface area contributed by atoms with Crippen LogP contribution in [0.3, 0.4) is 0 Å². The van der Waals surface area contributed by atoms with Crippen LogP contribution in [0.5, 0.6) is 0 Å². The van der Waals surface area contributed by atoms with Crippen LogP contribution in [0.4, 0.5) is 19.0 Å². The average molecular weight is 417 g/mol. The van der Waals surface area contributed by atoms with Gasteiger partial charge in [0.1, 0.15) is 11.5 Å². The van der Waals surface area contributed by atoms with Gasteiger partial charge in [0, 0.05) is 43.9 Å². The highest BCUT2D eigenvalue weighted by Crippen LogP contribution is 2.29. The molecule has 1 atom stereocenters. The van der Waals surface area contributed by atoms with Gasteiger partial charge in [0.25, 0.3) is 0 Å². The Bertz CT molecular complexity index is 1110. The predicted octanol–water partition coefficient (Wildman–Crippen LogP) is 1.82. The molecule has 1 aliphatic rings. The normalized spacial score (nSPS) is 17.5. The fourth-order valence-electron chi connectivity index (χ4n) is 3.21. The van der Waals surface area contributed by atoms with Crippen molar-refractivity contribution < 1.29 is 13.2 Å². The maximum absolute atomic E-state index is 13.0. The zero-order valence-corrected chi connectivity index (χ0v) is 15.6. The second-order valence-corrected chi connectivity index (χ2v) is 6.77. The van der Waals surface area contributed by atoms with Crippen LogP contribution in [-0.4, -0.2) is 49.7 Å². The highest BCUT2D eigenvalue weighted by atomic mass is 19.4. The molecular weight excluding hydrogens is 399 g/mol. The van der Waals surface area contributed by atoms with E-state index in [2.05, 4.69) is 25.3 Å². The zero-order valence-electron chi connectivity index (χ0n) is 15.6. The first-order chi connectivity index (χ1) is 14.3. The molecule has 1 unspecified atom stereocenters. The molecule has 30 heavy (non-hydrogen) atoms. The van der Waals surface area contributed by atoms with Gasteiger partial charge in [-0.1, -0.05) is 0 Å². The van der Waals surface area contributed by atoms with E-state index in [-0.39, 0.29) is 17.5 Å². The third-order valence-electron chi connectivity index (χ3n) is 4.72. The number of imidazole rings is 1. The molecule has 3 aromatic rings. The Kier molecular flexibility index (Phi) is 4.98. The van der Waals surface area contributed by atoms with Gasteiger partial charge in [0.05, 0.1) is 18.1 Å². The van der Waals surface area contributed by atoms with Crippen molar-refractivity contribution in [2.45, 2.75) is 18.6 Å². The van der Waals surface area contributed by atoms with Crippen molar-refractivity contribution >= 4 is 17.7 Å². The Morgan fingerprint density at radius 2 is 2.10 bits per heavy atom. The maximum atomic E-state index is 13.0. The zero-order chi connectivity index (χ0) is 21.3. The van der Waals surface area contributed by atoms with Crippen molar-refractivity contribution in [3.63, 3.8) is 0 Å². The van der Waals surface area contributed by atoms with Gasteiger partial charge in [-0.2, -0.15) is 13.2 Å². The van der Waals surface area contributed by atoms with E-state index >= 15 is 0 Å². The van der Waals surface area contributed by atoms with Gasteiger partial charge < -0.3 is 21.4 Å². The molecule has 9 nitrogen and oxygen atoms in total. The largest absolute Gasteiger partial charge is 0.434 e. The first-order valence-corrected chi connectivity index (χ1v) is 9.06. The molecule has 0 bridgehead atoms. The lowest BCUT2D eigenvalue weighted by molar-refractivity contribution is -0.141. The number of nitrogens with one attached hydrogen (secondary N) is 2. The van der Waals surface area contributed by atoms with Crippen LogP contribution in [0.2, 0.25) is 0 Å². The highest BCUT2D eigenvalue weighted by molar-refractivity contribution is 5.73. The van der Waals surface area contributed by atoms with Crippen LogP contribution in [0.15, 0.2) is 42.8 Å². The summed E-state index contributed by atoms with van der Waals surface area (Å²) < 4.78 is 40.4. The first-order valence-electron chi connectivity index (χ1n) is 9.06. The van der Waals surface area contributed by atoms with Crippen molar-refractivity contribution in [1.82, 2.24) is 29.7 Å². The molecule has 1 saturated heterocycles. The van der Waals surface area contributed by atoms with Gasteiger partial charge in [-0.05, 0) is 12.5 Å². The predicted molar refractivity (Wildman–Crippen MR) is 104 cm³/mol. The maximum Gasteiger partial charge on any atom is 0.434 e. The van der Waals surface area contributed by atoms with E-state index in [1.165, 1.54) is 10.6 Å². The number of allylic oxidation sites excluding steroid dienone is 1. The molecule has 3 aromatic heterocycles. The summed E-state index contributed by atoms with van der Waals surface area (Å²) in [7, 11) is 0.